The molecule has 1 heterocycles. The first kappa shape index (κ1) is 15.7. The van der Waals surface area contributed by atoms with E-state index < -0.39 is 16.0 Å². The average molecular weight is 304 g/mol. The number of piperidine rings is 1. The van der Waals surface area contributed by atoms with Crippen molar-refractivity contribution in [3.63, 3.8) is 0 Å². The van der Waals surface area contributed by atoms with Crippen LogP contribution in [-0.4, -0.2) is 43.4 Å². The molecule has 6 nitrogen and oxygen atoms in total. The van der Waals surface area contributed by atoms with Crippen LogP contribution in [0.1, 0.15) is 51.4 Å². The Labute approximate surface area is 120 Å². The van der Waals surface area contributed by atoms with Gasteiger partial charge in [0.05, 0.1) is 12.2 Å². The molecule has 0 aromatic carbocycles. The molecule has 0 amide bonds. The Balaban J connectivity index is 1.90. The molecule has 1 aliphatic heterocycles. The van der Waals surface area contributed by atoms with Gasteiger partial charge in [-0.1, -0.05) is 19.3 Å². The zero-order valence-electron chi connectivity index (χ0n) is 11.7. The summed E-state index contributed by atoms with van der Waals surface area (Å²) in [6, 6.07) is -0.0619. The lowest BCUT2D eigenvalue weighted by atomic mass is 9.75. The number of carbonyl (C=O) groups is 1. The first-order valence-electron chi connectivity index (χ1n) is 7.38. The zero-order chi connectivity index (χ0) is 14.6. The summed E-state index contributed by atoms with van der Waals surface area (Å²) >= 11 is 0. The topological polar surface area (TPSA) is 95.5 Å². The van der Waals surface area contributed by atoms with Gasteiger partial charge in [0, 0.05) is 11.6 Å². The highest BCUT2D eigenvalue weighted by molar-refractivity contribution is 7.89. The van der Waals surface area contributed by atoms with E-state index in [-0.39, 0.29) is 23.8 Å². The molecule has 2 rings (SSSR count). The molecule has 2 aliphatic rings. The molecule has 0 bridgehead atoms. The Morgan fingerprint density at radius 3 is 2.65 bits per heavy atom. The van der Waals surface area contributed by atoms with Crippen LogP contribution in [0.3, 0.4) is 0 Å². The highest BCUT2D eigenvalue weighted by atomic mass is 32.2. The predicted octanol–water partition coefficient (Wildman–Crippen LogP) is 0.835. The van der Waals surface area contributed by atoms with Gasteiger partial charge in [0.15, 0.2) is 0 Å². The number of hydrogen-bond acceptors (Lipinski definition) is 4. The summed E-state index contributed by atoms with van der Waals surface area (Å²) in [5.41, 5.74) is 0.0937. The lowest BCUT2D eigenvalue weighted by molar-refractivity contribution is -0.136. The number of nitrogens with one attached hydrogen (secondary N) is 2. The molecule has 116 valence electrons. The van der Waals surface area contributed by atoms with Crippen molar-refractivity contribution < 1.29 is 18.3 Å². The summed E-state index contributed by atoms with van der Waals surface area (Å²) in [6.07, 6.45) is 7.13. The van der Waals surface area contributed by atoms with E-state index in [1.54, 1.807) is 0 Å². The summed E-state index contributed by atoms with van der Waals surface area (Å²) in [7, 11) is -3.49. The molecule has 1 saturated heterocycles. The van der Waals surface area contributed by atoms with Crippen molar-refractivity contribution >= 4 is 16.0 Å². The molecule has 0 aromatic rings. The first-order valence-corrected chi connectivity index (χ1v) is 9.03. The third-order valence-electron chi connectivity index (χ3n) is 4.37. The van der Waals surface area contributed by atoms with Gasteiger partial charge >= 0.3 is 5.97 Å². The Morgan fingerprint density at radius 1 is 1.30 bits per heavy atom. The monoisotopic (exact) mass is 304 g/mol. The van der Waals surface area contributed by atoms with Gasteiger partial charge < -0.3 is 10.4 Å². The van der Waals surface area contributed by atoms with Crippen molar-refractivity contribution in [1.29, 1.82) is 0 Å². The second-order valence-corrected chi connectivity index (χ2v) is 7.91. The van der Waals surface area contributed by atoms with E-state index in [1.807, 2.05) is 0 Å². The van der Waals surface area contributed by atoms with E-state index >= 15 is 0 Å². The van der Waals surface area contributed by atoms with Crippen LogP contribution in [0.5, 0.6) is 0 Å². The average Bonchev–Trinajstić information content (AvgIpc) is 2.37. The minimum Gasteiger partial charge on any atom is -0.481 e. The first-order chi connectivity index (χ1) is 9.41. The SMILES string of the molecule is O=C(O)CCS(=O)(=O)NC1CCNC2(CCCCC2)C1. The molecule has 0 aromatic heterocycles. The largest absolute Gasteiger partial charge is 0.481 e. The zero-order valence-corrected chi connectivity index (χ0v) is 12.5. The highest BCUT2D eigenvalue weighted by Crippen LogP contribution is 2.34. The van der Waals surface area contributed by atoms with Crippen molar-refractivity contribution in [2.75, 3.05) is 12.3 Å². The maximum absolute atomic E-state index is 11.9. The third kappa shape index (κ3) is 4.43. The molecular weight excluding hydrogens is 280 g/mol. The Bertz CT molecular complexity index is 438. The van der Waals surface area contributed by atoms with Gasteiger partial charge in [-0.15, -0.1) is 0 Å². The number of carboxylic acids is 1. The second-order valence-electron chi connectivity index (χ2n) is 6.04. The molecular formula is C13H24N2O4S. The molecule has 1 unspecified atom stereocenters. The van der Waals surface area contributed by atoms with E-state index in [1.165, 1.54) is 19.3 Å². The molecule has 20 heavy (non-hydrogen) atoms. The van der Waals surface area contributed by atoms with E-state index in [4.69, 9.17) is 5.11 Å². The molecule has 1 saturated carbocycles. The molecule has 2 fully saturated rings. The maximum atomic E-state index is 11.9. The summed E-state index contributed by atoms with van der Waals surface area (Å²) < 4.78 is 26.5. The fourth-order valence-corrected chi connectivity index (χ4v) is 4.67. The fourth-order valence-electron chi connectivity index (χ4n) is 3.40. The molecule has 1 spiro atoms. The van der Waals surface area contributed by atoms with E-state index in [9.17, 15) is 13.2 Å². The smallest absolute Gasteiger partial charge is 0.304 e. The number of rotatable bonds is 5. The van der Waals surface area contributed by atoms with Gasteiger partial charge in [-0.05, 0) is 32.2 Å². The van der Waals surface area contributed by atoms with Crippen LogP contribution in [-0.2, 0) is 14.8 Å². The Morgan fingerprint density at radius 2 is 2.00 bits per heavy atom. The van der Waals surface area contributed by atoms with Crippen LogP contribution >= 0.6 is 0 Å². The van der Waals surface area contributed by atoms with Crippen LogP contribution < -0.4 is 10.0 Å². The van der Waals surface area contributed by atoms with Crippen LogP contribution in [0, 0.1) is 0 Å². The van der Waals surface area contributed by atoms with Crippen molar-refractivity contribution in [3.05, 3.63) is 0 Å². The van der Waals surface area contributed by atoms with Gasteiger partial charge in [-0.2, -0.15) is 0 Å². The summed E-state index contributed by atoms with van der Waals surface area (Å²) in [5.74, 6) is -1.41. The molecule has 7 heteroatoms. The summed E-state index contributed by atoms with van der Waals surface area (Å²) in [5, 5.41) is 12.2. The van der Waals surface area contributed by atoms with E-state index in [0.717, 1.165) is 32.2 Å². The van der Waals surface area contributed by atoms with Crippen LogP contribution in [0.25, 0.3) is 0 Å². The van der Waals surface area contributed by atoms with Crippen molar-refractivity contribution in [1.82, 2.24) is 10.0 Å². The number of hydrogen-bond donors (Lipinski definition) is 3. The van der Waals surface area contributed by atoms with Gasteiger partial charge in [0.2, 0.25) is 10.0 Å². The number of sulfonamides is 1. The Hall–Kier alpha value is -0.660. The van der Waals surface area contributed by atoms with Gasteiger partial charge in [-0.25, -0.2) is 13.1 Å². The minimum absolute atomic E-state index is 0.0619. The van der Waals surface area contributed by atoms with Crippen molar-refractivity contribution in [2.24, 2.45) is 0 Å². The molecule has 1 aliphatic carbocycles. The summed E-state index contributed by atoms with van der Waals surface area (Å²) in [6.45, 7) is 0.826. The minimum atomic E-state index is -3.49. The molecule has 3 N–H and O–H groups in total. The number of carboxylic acid groups (broad SMARTS) is 1. The maximum Gasteiger partial charge on any atom is 0.304 e. The Kier molecular flexibility index (Phi) is 5.04. The van der Waals surface area contributed by atoms with Gasteiger partial charge in [0.1, 0.15) is 0 Å². The summed E-state index contributed by atoms with van der Waals surface area (Å²) in [4.78, 5) is 10.5. The lowest BCUT2D eigenvalue weighted by Gasteiger charge is -2.44. The van der Waals surface area contributed by atoms with Gasteiger partial charge in [0.25, 0.3) is 0 Å². The van der Waals surface area contributed by atoms with E-state index in [0.29, 0.717) is 0 Å². The highest BCUT2D eigenvalue weighted by Gasteiger charge is 2.37. The molecule has 1 atom stereocenters. The van der Waals surface area contributed by atoms with Crippen molar-refractivity contribution in [2.45, 2.75) is 62.9 Å². The van der Waals surface area contributed by atoms with Gasteiger partial charge in [-0.3, -0.25) is 4.79 Å². The number of aliphatic carboxylic acids is 1. The quantitative estimate of drug-likeness (QED) is 0.699. The standard InChI is InChI=1S/C13H24N2O4S/c16-12(17)5-9-20(18,19)15-11-4-8-14-13(10-11)6-2-1-3-7-13/h11,14-15H,1-10H2,(H,16,17). The lowest BCUT2D eigenvalue weighted by Crippen LogP contribution is -2.57. The van der Waals surface area contributed by atoms with Crippen LogP contribution in [0.2, 0.25) is 0 Å². The normalized spacial score (nSPS) is 26.5. The fraction of sp³-hybridized carbons (Fsp3) is 0.923. The van der Waals surface area contributed by atoms with Crippen LogP contribution in [0.15, 0.2) is 0 Å². The second kappa shape index (κ2) is 6.41. The van der Waals surface area contributed by atoms with E-state index in [2.05, 4.69) is 10.0 Å². The predicted molar refractivity (Wildman–Crippen MR) is 76.0 cm³/mol. The third-order valence-corrected chi connectivity index (χ3v) is 5.81. The van der Waals surface area contributed by atoms with Crippen molar-refractivity contribution in [3.8, 4) is 0 Å². The van der Waals surface area contributed by atoms with Crippen LogP contribution in [0.4, 0.5) is 0 Å². The molecule has 0 radical (unpaired) electrons.